The molecule has 10 nitrogen and oxygen atoms in total. The number of hydrogen-bond acceptors (Lipinski definition) is 6. The van der Waals surface area contributed by atoms with Crippen molar-refractivity contribution in [1.29, 1.82) is 0 Å². The van der Waals surface area contributed by atoms with Crippen LogP contribution in [-0.4, -0.2) is 66.0 Å². The molecule has 1 amide bonds. The molecule has 1 saturated heterocycles. The Kier molecular flexibility index (Phi) is 7.80. The molecule has 210 valence electrons. The first-order valence-corrected chi connectivity index (χ1v) is 14.0. The zero-order chi connectivity index (χ0) is 28.8. The highest BCUT2D eigenvalue weighted by molar-refractivity contribution is 6.40. The lowest BCUT2D eigenvalue weighted by atomic mass is 9.97. The Morgan fingerprint density at radius 2 is 1.62 bits per heavy atom. The minimum absolute atomic E-state index is 0.139. The maximum absolute atomic E-state index is 13.3. The zero-order valence-corrected chi connectivity index (χ0v) is 24.5. The molecule has 0 N–H and O–H groups in total. The van der Waals surface area contributed by atoms with E-state index in [9.17, 15) is 14.4 Å². The number of para-hydroxylation sites is 1. The molecule has 2 aromatic heterocycles. The lowest BCUT2D eigenvalue weighted by Gasteiger charge is -2.43. The maximum atomic E-state index is 13.3. The second kappa shape index (κ2) is 11.0. The number of halogens is 3. The molecule has 13 heteroatoms. The highest BCUT2D eigenvalue weighted by atomic mass is 35.5. The molecule has 0 radical (unpaired) electrons. The number of amides is 1. The van der Waals surface area contributed by atoms with Crippen molar-refractivity contribution in [2.45, 2.75) is 39.4 Å². The Balaban J connectivity index is 1.31. The van der Waals surface area contributed by atoms with Crippen molar-refractivity contribution >= 4 is 51.6 Å². The third-order valence-electron chi connectivity index (χ3n) is 7.50. The Morgan fingerprint density at radius 1 is 0.975 bits per heavy atom. The number of rotatable bonds is 6. The van der Waals surface area contributed by atoms with Crippen LogP contribution >= 0.6 is 34.8 Å². The molecule has 1 aliphatic heterocycles. The number of fused-ring (bicyclic) bond motifs is 1. The molecule has 0 spiro atoms. The predicted octanol–water partition coefficient (Wildman–Crippen LogP) is 3.80. The van der Waals surface area contributed by atoms with E-state index in [1.807, 2.05) is 13.8 Å². The third-order valence-corrected chi connectivity index (χ3v) is 8.29. The maximum Gasteiger partial charge on any atom is 0.331 e. The second-order valence-corrected chi connectivity index (χ2v) is 11.4. The van der Waals surface area contributed by atoms with Gasteiger partial charge in [-0.25, -0.2) is 9.48 Å². The van der Waals surface area contributed by atoms with E-state index in [1.165, 1.54) is 9.25 Å². The van der Waals surface area contributed by atoms with Gasteiger partial charge in [-0.2, -0.15) is 0 Å². The third kappa shape index (κ3) is 5.05. The van der Waals surface area contributed by atoms with Gasteiger partial charge in [0.2, 0.25) is 5.91 Å². The second-order valence-electron chi connectivity index (χ2n) is 10.1. The number of aromatic nitrogens is 5. The molecular weight excluding hydrogens is 577 g/mol. The lowest BCUT2D eigenvalue weighted by molar-refractivity contribution is -0.134. The number of nitrogens with zero attached hydrogens (tertiary/aromatic N) is 7. The van der Waals surface area contributed by atoms with Crippen molar-refractivity contribution < 1.29 is 4.79 Å². The molecular formula is C27H28Cl3N7O3. The van der Waals surface area contributed by atoms with Gasteiger partial charge in [0.1, 0.15) is 17.9 Å². The summed E-state index contributed by atoms with van der Waals surface area (Å²) in [7, 11) is 0. The van der Waals surface area contributed by atoms with Crippen LogP contribution < -0.4 is 11.2 Å². The predicted molar refractivity (Wildman–Crippen MR) is 156 cm³/mol. The topological polar surface area (TPSA) is 98.3 Å². The van der Waals surface area contributed by atoms with Gasteiger partial charge in [0, 0.05) is 37.7 Å². The number of carbonyl (C=O) groups excluding carboxylic acids is 1. The first-order valence-electron chi connectivity index (χ1n) is 12.9. The molecule has 0 saturated carbocycles. The van der Waals surface area contributed by atoms with E-state index in [0.717, 1.165) is 4.57 Å². The van der Waals surface area contributed by atoms with Crippen LogP contribution in [0.1, 0.15) is 26.5 Å². The fourth-order valence-electron chi connectivity index (χ4n) is 5.12. The molecule has 40 heavy (non-hydrogen) atoms. The van der Waals surface area contributed by atoms with E-state index < -0.39 is 11.2 Å². The monoisotopic (exact) mass is 603 g/mol. The Bertz CT molecular complexity index is 1700. The summed E-state index contributed by atoms with van der Waals surface area (Å²) in [5.74, 6) is -0.177. The van der Waals surface area contributed by atoms with Gasteiger partial charge >= 0.3 is 5.69 Å². The van der Waals surface area contributed by atoms with E-state index in [4.69, 9.17) is 34.8 Å². The molecule has 0 aliphatic carbocycles. The van der Waals surface area contributed by atoms with Crippen molar-refractivity contribution in [2.24, 2.45) is 0 Å². The summed E-state index contributed by atoms with van der Waals surface area (Å²) in [6, 6.07) is 10.1. The molecule has 0 unspecified atom stereocenters. The highest BCUT2D eigenvalue weighted by Crippen LogP contribution is 2.33. The number of carbonyl (C=O) groups is 1. The lowest BCUT2D eigenvalue weighted by Crippen LogP contribution is -2.55. The fourth-order valence-corrected chi connectivity index (χ4v) is 6.11. The van der Waals surface area contributed by atoms with Gasteiger partial charge in [0.25, 0.3) is 5.56 Å². The van der Waals surface area contributed by atoms with Gasteiger partial charge < -0.3 is 4.90 Å². The van der Waals surface area contributed by atoms with Crippen LogP contribution in [0.15, 0.2) is 52.2 Å². The van der Waals surface area contributed by atoms with E-state index >= 15 is 0 Å². The summed E-state index contributed by atoms with van der Waals surface area (Å²) < 4.78 is 4.09. The average molecular weight is 605 g/mol. The van der Waals surface area contributed by atoms with Crippen molar-refractivity contribution in [3.05, 3.63) is 84.2 Å². The van der Waals surface area contributed by atoms with E-state index in [0.29, 0.717) is 63.5 Å². The first kappa shape index (κ1) is 28.4. The quantitative estimate of drug-likeness (QED) is 0.332. The molecule has 0 atom stereocenters. The molecule has 1 fully saturated rings. The minimum atomic E-state index is -0.497. The summed E-state index contributed by atoms with van der Waals surface area (Å²) in [5.41, 5.74) is 0.342. The average Bonchev–Trinajstić information content (AvgIpc) is 3.41. The molecule has 4 aromatic rings. The molecule has 3 heterocycles. The van der Waals surface area contributed by atoms with Crippen LogP contribution in [0.3, 0.4) is 0 Å². The summed E-state index contributed by atoms with van der Waals surface area (Å²) >= 11 is 18.8. The molecule has 1 aliphatic rings. The van der Waals surface area contributed by atoms with Gasteiger partial charge in [-0.15, -0.1) is 5.10 Å². The Labute approximate surface area is 245 Å². The summed E-state index contributed by atoms with van der Waals surface area (Å²) in [6.07, 6.45) is 1.79. The first-order chi connectivity index (χ1) is 19.0. The van der Waals surface area contributed by atoms with Crippen molar-refractivity contribution in [3.8, 4) is 5.69 Å². The van der Waals surface area contributed by atoms with Crippen LogP contribution in [0.2, 0.25) is 15.1 Å². The smallest absolute Gasteiger partial charge is 0.331 e. The SMILES string of the molecule is CCn1c(=O)c2ccccc2n(CC(=O)N2CCN(C(C)(C)c3cn(-c4c(Cl)cc(Cl)cc4Cl)nn3)CC2)c1=O. The van der Waals surface area contributed by atoms with Crippen molar-refractivity contribution in [1.82, 2.24) is 33.9 Å². The number of benzene rings is 2. The van der Waals surface area contributed by atoms with Crippen LogP contribution in [-0.2, 0) is 23.4 Å². The van der Waals surface area contributed by atoms with E-state index in [-0.39, 0.29) is 24.6 Å². The zero-order valence-electron chi connectivity index (χ0n) is 22.3. The molecule has 5 rings (SSSR count). The van der Waals surface area contributed by atoms with E-state index in [1.54, 1.807) is 54.4 Å². The van der Waals surface area contributed by atoms with Crippen molar-refractivity contribution in [3.63, 3.8) is 0 Å². The van der Waals surface area contributed by atoms with Crippen LogP contribution in [0.4, 0.5) is 0 Å². The minimum Gasteiger partial charge on any atom is -0.339 e. The Morgan fingerprint density at radius 3 is 2.27 bits per heavy atom. The highest BCUT2D eigenvalue weighted by Gasteiger charge is 2.35. The molecule has 2 aromatic carbocycles. The van der Waals surface area contributed by atoms with Gasteiger partial charge in [-0.1, -0.05) is 52.1 Å². The van der Waals surface area contributed by atoms with Gasteiger partial charge in [-0.3, -0.25) is 23.6 Å². The van der Waals surface area contributed by atoms with Crippen LogP contribution in [0, 0.1) is 0 Å². The van der Waals surface area contributed by atoms with Gasteiger partial charge in [-0.05, 0) is 45.0 Å². The van der Waals surface area contributed by atoms with Crippen LogP contribution in [0.25, 0.3) is 16.6 Å². The van der Waals surface area contributed by atoms with Crippen molar-refractivity contribution in [2.75, 3.05) is 26.2 Å². The molecule has 0 bridgehead atoms. The summed E-state index contributed by atoms with van der Waals surface area (Å²) in [6.45, 7) is 8.06. The van der Waals surface area contributed by atoms with Crippen LogP contribution in [0.5, 0.6) is 0 Å². The Hall–Kier alpha value is -3.18. The standard InChI is InChI=1S/C27H28Cl3N7O3/c1-4-35-25(39)18-7-5-6-8-21(18)36(26(35)40)16-23(38)33-9-11-34(12-10-33)27(2,3)22-15-37(32-31-22)24-19(29)13-17(28)14-20(24)30/h5-8,13-15H,4,9-12,16H2,1-3H3. The largest absolute Gasteiger partial charge is 0.339 e. The summed E-state index contributed by atoms with van der Waals surface area (Å²) in [5, 5.41) is 10.2. The van der Waals surface area contributed by atoms with Gasteiger partial charge in [0.05, 0.1) is 32.7 Å². The summed E-state index contributed by atoms with van der Waals surface area (Å²) in [4.78, 5) is 43.1. The normalized spacial score (nSPS) is 14.7. The van der Waals surface area contributed by atoms with E-state index in [2.05, 4.69) is 15.2 Å². The number of piperazine rings is 1. The fraction of sp³-hybridized carbons (Fsp3) is 0.370. The van der Waals surface area contributed by atoms with Gasteiger partial charge in [0.15, 0.2) is 0 Å². The number of hydrogen-bond donors (Lipinski definition) is 0.